The fraction of sp³-hybridized carbons (Fsp3) is 0.667. The molecule has 19 heavy (non-hydrogen) atoms. The van der Waals surface area contributed by atoms with Crippen LogP contribution in [0.2, 0.25) is 0 Å². The summed E-state index contributed by atoms with van der Waals surface area (Å²) >= 11 is 3.32. The van der Waals surface area contributed by atoms with Crippen LogP contribution in [0.5, 0.6) is 0 Å². The van der Waals surface area contributed by atoms with E-state index in [0.717, 1.165) is 9.75 Å². The molecule has 0 radical (unpaired) electrons. The molecule has 1 aromatic heterocycles. The number of rotatable bonds is 3. The standard InChI is InChI=1S/C12H20N2O2S3/c1-8-6-14(7-9(2)17-8)19(15,16)12-4-11(5-13)18-10(12)3/h4,8-9H,5-7,13H2,1-3H3. The van der Waals surface area contributed by atoms with E-state index in [2.05, 4.69) is 13.8 Å². The van der Waals surface area contributed by atoms with Gasteiger partial charge in [-0.2, -0.15) is 16.1 Å². The molecule has 0 aromatic carbocycles. The number of nitrogens with two attached hydrogens (primary N) is 1. The number of aryl methyl sites for hydroxylation is 1. The van der Waals surface area contributed by atoms with Gasteiger partial charge in [-0.1, -0.05) is 13.8 Å². The zero-order chi connectivity index (χ0) is 14.2. The predicted octanol–water partition coefficient (Wildman–Crippen LogP) is 2.03. The molecule has 0 amide bonds. The van der Waals surface area contributed by atoms with Gasteiger partial charge in [0.1, 0.15) is 0 Å². The summed E-state index contributed by atoms with van der Waals surface area (Å²) in [6.07, 6.45) is 0. The van der Waals surface area contributed by atoms with Gasteiger partial charge in [-0.15, -0.1) is 11.3 Å². The van der Waals surface area contributed by atoms with E-state index < -0.39 is 10.0 Å². The maximum Gasteiger partial charge on any atom is 0.244 e. The van der Waals surface area contributed by atoms with Crippen LogP contribution in [0.1, 0.15) is 23.6 Å². The highest BCUT2D eigenvalue weighted by Gasteiger charge is 2.33. The van der Waals surface area contributed by atoms with Crippen molar-refractivity contribution in [2.24, 2.45) is 5.73 Å². The third-order valence-electron chi connectivity index (χ3n) is 3.13. The number of hydrogen-bond donors (Lipinski definition) is 1. The molecule has 2 rings (SSSR count). The van der Waals surface area contributed by atoms with Gasteiger partial charge in [-0.25, -0.2) is 8.42 Å². The van der Waals surface area contributed by atoms with Crippen LogP contribution in [0.25, 0.3) is 0 Å². The lowest BCUT2D eigenvalue weighted by molar-refractivity contribution is 0.405. The van der Waals surface area contributed by atoms with Gasteiger partial charge in [0.25, 0.3) is 0 Å². The average molecular weight is 321 g/mol. The monoisotopic (exact) mass is 320 g/mol. The molecule has 1 aliphatic heterocycles. The smallest absolute Gasteiger partial charge is 0.244 e. The van der Waals surface area contributed by atoms with Crippen molar-refractivity contribution in [3.05, 3.63) is 15.8 Å². The fourth-order valence-corrected chi connectivity index (χ4v) is 6.96. The summed E-state index contributed by atoms with van der Waals surface area (Å²) in [7, 11) is -3.37. The minimum Gasteiger partial charge on any atom is -0.326 e. The topological polar surface area (TPSA) is 63.4 Å². The van der Waals surface area contributed by atoms with Crippen LogP contribution in [-0.2, 0) is 16.6 Å². The van der Waals surface area contributed by atoms with Gasteiger partial charge >= 0.3 is 0 Å². The van der Waals surface area contributed by atoms with Gasteiger partial charge in [0.05, 0.1) is 4.90 Å². The van der Waals surface area contributed by atoms with E-state index in [0.29, 0.717) is 35.0 Å². The van der Waals surface area contributed by atoms with Gasteiger partial charge < -0.3 is 5.73 Å². The Kier molecular flexibility index (Phi) is 4.62. The molecule has 108 valence electrons. The molecule has 4 nitrogen and oxygen atoms in total. The van der Waals surface area contributed by atoms with Crippen LogP contribution in [0, 0.1) is 6.92 Å². The number of hydrogen-bond acceptors (Lipinski definition) is 5. The molecule has 1 saturated heterocycles. The van der Waals surface area contributed by atoms with Crippen LogP contribution in [-0.4, -0.2) is 36.3 Å². The normalized spacial score (nSPS) is 25.7. The Balaban J connectivity index is 2.33. The Morgan fingerprint density at radius 3 is 2.42 bits per heavy atom. The Hall–Kier alpha value is -0.0800. The second kappa shape index (κ2) is 5.73. The Labute approximate surface area is 123 Å². The van der Waals surface area contributed by atoms with Crippen LogP contribution < -0.4 is 5.73 Å². The number of sulfonamides is 1. The minimum atomic E-state index is -3.37. The summed E-state index contributed by atoms with van der Waals surface area (Å²) < 4.78 is 27.0. The maximum atomic E-state index is 12.7. The molecule has 2 heterocycles. The quantitative estimate of drug-likeness (QED) is 0.925. The van der Waals surface area contributed by atoms with Crippen molar-refractivity contribution in [1.82, 2.24) is 4.31 Å². The summed E-state index contributed by atoms with van der Waals surface area (Å²) in [4.78, 5) is 2.19. The SMILES string of the molecule is Cc1sc(CN)cc1S(=O)(=O)N1CC(C)SC(C)C1. The van der Waals surface area contributed by atoms with Crippen LogP contribution in [0.3, 0.4) is 0 Å². The van der Waals surface area contributed by atoms with Crippen molar-refractivity contribution in [3.8, 4) is 0 Å². The van der Waals surface area contributed by atoms with Crippen molar-refractivity contribution in [3.63, 3.8) is 0 Å². The van der Waals surface area contributed by atoms with Crippen molar-refractivity contribution in [2.75, 3.05) is 13.1 Å². The van der Waals surface area contributed by atoms with E-state index in [4.69, 9.17) is 5.73 Å². The second-order valence-electron chi connectivity index (χ2n) is 4.92. The first-order chi connectivity index (χ1) is 8.84. The Morgan fingerprint density at radius 1 is 1.37 bits per heavy atom. The molecule has 1 fully saturated rings. The lowest BCUT2D eigenvalue weighted by atomic mass is 10.4. The van der Waals surface area contributed by atoms with E-state index in [-0.39, 0.29) is 0 Å². The molecule has 2 atom stereocenters. The highest BCUT2D eigenvalue weighted by molar-refractivity contribution is 8.00. The molecular weight excluding hydrogens is 300 g/mol. The molecular formula is C12H20N2O2S3. The van der Waals surface area contributed by atoms with Gasteiger partial charge in [0.15, 0.2) is 0 Å². The molecule has 2 N–H and O–H groups in total. The van der Waals surface area contributed by atoms with E-state index in [1.54, 1.807) is 10.4 Å². The van der Waals surface area contributed by atoms with Gasteiger partial charge in [-0.05, 0) is 13.0 Å². The van der Waals surface area contributed by atoms with Crippen molar-refractivity contribution >= 4 is 33.1 Å². The van der Waals surface area contributed by atoms with Gasteiger partial charge in [0, 0.05) is 39.9 Å². The van der Waals surface area contributed by atoms with Gasteiger partial charge in [-0.3, -0.25) is 0 Å². The highest BCUT2D eigenvalue weighted by atomic mass is 32.2. The molecule has 1 aromatic rings. The molecule has 0 bridgehead atoms. The summed E-state index contributed by atoms with van der Waals surface area (Å²) in [6, 6.07) is 1.73. The first-order valence-electron chi connectivity index (χ1n) is 6.29. The molecule has 7 heteroatoms. The minimum absolute atomic E-state index is 0.339. The van der Waals surface area contributed by atoms with Crippen LogP contribution in [0.15, 0.2) is 11.0 Å². The first kappa shape index (κ1) is 15.3. The summed E-state index contributed by atoms with van der Waals surface area (Å²) in [5.74, 6) is 0. The number of nitrogens with zero attached hydrogens (tertiary/aromatic N) is 1. The first-order valence-corrected chi connectivity index (χ1v) is 9.49. The van der Waals surface area contributed by atoms with Crippen molar-refractivity contribution in [1.29, 1.82) is 0 Å². The largest absolute Gasteiger partial charge is 0.326 e. The number of thioether (sulfide) groups is 1. The maximum absolute atomic E-state index is 12.7. The summed E-state index contributed by atoms with van der Waals surface area (Å²) in [5.41, 5.74) is 5.60. The van der Waals surface area contributed by atoms with Crippen LogP contribution >= 0.6 is 23.1 Å². The van der Waals surface area contributed by atoms with E-state index in [1.807, 2.05) is 18.7 Å². The van der Waals surface area contributed by atoms with E-state index in [1.165, 1.54) is 11.3 Å². The average Bonchev–Trinajstić information content (AvgIpc) is 2.70. The Bertz CT molecular complexity index is 543. The molecule has 2 unspecified atom stereocenters. The summed E-state index contributed by atoms with van der Waals surface area (Å²) in [5, 5.41) is 0.679. The third-order valence-corrected chi connectivity index (χ3v) is 7.52. The zero-order valence-electron chi connectivity index (χ0n) is 11.4. The molecule has 0 spiro atoms. The van der Waals surface area contributed by atoms with Crippen molar-refractivity contribution in [2.45, 2.75) is 42.7 Å². The lowest BCUT2D eigenvalue weighted by Gasteiger charge is -2.33. The van der Waals surface area contributed by atoms with Crippen molar-refractivity contribution < 1.29 is 8.42 Å². The molecule has 1 aliphatic rings. The highest BCUT2D eigenvalue weighted by Crippen LogP contribution is 2.32. The number of thiophene rings is 1. The zero-order valence-corrected chi connectivity index (χ0v) is 13.9. The third kappa shape index (κ3) is 3.16. The molecule has 0 aliphatic carbocycles. The summed E-state index contributed by atoms with van der Waals surface area (Å²) in [6.45, 7) is 7.57. The molecule has 0 saturated carbocycles. The Morgan fingerprint density at radius 2 is 1.95 bits per heavy atom. The van der Waals surface area contributed by atoms with Gasteiger partial charge in [0.2, 0.25) is 10.0 Å². The van der Waals surface area contributed by atoms with E-state index in [9.17, 15) is 8.42 Å². The lowest BCUT2D eigenvalue weighted by Crippen LogP contribution is -2.43. The van der Waals surface area contributed by atoms with Crippen LogP contribution in [0.4, 0.5) is 0 Å². The second-order valence-corrected chi connectivity index (χ2v) is 10.0. The fourth-order valence-electron chi connectivity index (χ4n) is 2.35. The predicted molar refractivity (Wildman–Crippen MR) is 82.2 cm³/mol. The van der Waals surface area contributed by atoms with E-state index >= 15 is 0 Å².